The number of nitrogens with one attached hydrogen (secondary N) is 1. The Bertz CT molecular complexity index is 635. The van der Waals surface area contributed by atoms with Crippen molar-refractivity contribution in [3.8, 4) is 0 Å². The summed E-state index contributed by atoms with van der Waals surface area (Å²) < 4.78 is 30.5. The highest BCUT2D eigenvalue weighted by atomic mass is 19.1. The molecule has 0 saturated carbocycles. The predicted molar refractivity (Wildman–Crippen MR) is 112 cm³/mol. The predicted octanol–water partition coefficient (Wildman–Crippen LogP) is 3.00. The molecule has 2 aliphatic rings. The Morgan fingerprint density at radius 3 is 2.86 bits per heavy atom. The molecule has 1 aromatic carbocycles. The van der Waals surface area contributed by atoms with Gasteiger partial charge in [0.2, 0.25) is 0 Å². The van der Waals surface area contributed by atoms with Gasteiger partial charge in [-0.3, -0.25) is 4.99 Å². The zero-order valence-corrected chi connectivity index (χ0v) is 17.6. The van der Waals surface area contributed by atoms with Crippen molar-refractivity contribution in [2.45, 2.75) is 38.9 Å². The summed E-state index contributed by atoms with van der Waals surface area (Å²) in [6.45, 7) is 10.3. The summed E-state index contributed by atoms with van der Waals surface area (Å²) >= 11 is 0. The first-order chi connectivity index (χ1) is 14.2. The van der Waals surface area contributed by atoms with Gasteiger partial charge in [-0.2, -0.15) is 0 Å². The number of morpholine rings is 1. The molecule has 2 saturated heterocycles. The minimum Gasteiger partial charge on any atom is -0.381 e. The van der Waals surface area contributed by atoms with Crippen molar-refractivity contribution in [3.05, 3.63) is 35.6 Å². The van der Waals surface area contributed by atoms with Crippen molar-refractivity contribution in [3.63, 3.8) is 0 Å². The van der Waals surface area contributed by atoms with Crippen LogP contribution in [0, 0.1) is 11.7 Å². The molecule has 162 valence electrons. The monoisotopic (exact) mass is 407 g/mol. The van der Waals surface area contributed by atoms with E-state index in [1.807, 2.05) is 0 Å². The van der Waals surface area contributed by atoms with Crippen LogP contribution < -0.4 is 5.32 Å². The number of aliphatic imine (C=N–C) groups is 1. The highest BCUT2D eigenvalue weighted by Crippen LogP contribution is 2.25. The van der Waals surface area contributed by atoms with E-state index in [1.54, 1.807) is 12.1 Å². The fraction of sp³-hybridized carbons (Fsp3) is 0.682. The summed E-state index contributed by atoms with van der Waals surface area (Å²) in [5.41, 5.74) is 0.989. The minimum absolute atomic E-state index is 0.0691. The molecule has 0 bridgehead atoms. The summed E-state index contributed by atoms with van der Waals surface area (Å²) in [5, 5.41) is 3.39. The standard InChI is InChI=1S/C22H34FN3O3/c1-3-24-22(25-10-4-11-27-15-18-9-12-28-16-18)26-13-17(2)29-21(14-26)19-5-7-20(23)8-6-19/h5-8,17-18,21H,3-4,9-16H2,1-2H3,(H,24,25). The highest BCUT2D eigenvalue weighted by molar-refractivity contribution is 5.80. The fourth-order valence-corrected chi connectivity index (χ4v) is 3.73. The molecule has 0 radical (unpaired) electrons. The Hall–Kier alpha value is -1.70. The second-order valence-electron chi connectivity index (χ2n) is 7.79. The van der Waals surface area contributed by atoms with Gasteiger partial charge in [0, 0.05) is 38.8 Å². The number of nitrogens with zero attached hydrogens (tertiary/aromatic N) is 2. The normalized spacial score (nSPS) is 25.4. The van der Waals surface area contributed by atoms with E-state index >= 15 is 0 Å². The summed E-state index contributed by atoms with van der Waals surface area (Å²) in [6, 6.07) is 6.57. The van der Waals surface area contributed by atoms with Crippen LogP contribution in [0.1, 0.15) is 38.4 Å². The van der Waals surface area contributed by atoms with E-state index in [4.69, 9.17) is 19.2 Å². The van der Waals surface area contributed by atoms with E-state index in [0.29, 0.717) is 12.5 Å². The molecule has 2 heterocycles. The lowest BCUT2D eigenvalue weighted by Gasteiger charge is -2.38. The molecule has 1 N–H and O–H groups in total. The van der Waals surface area contributed by atoms with Gasteiger partial charge in [0.15, 0.2) is 5.96 Å². The molecule has 29 heavy (non-hydrogen) atoms. The molecule has 2 aliphatic heterocycles. The van der Waals surface area contributed by atoms with Crippen molar-refractivity contribution in [1.29, 1.82) is 0 Å². The first kappa shape index (κ1) is 22.0. The van der Waals surface area contributed by atoms with E-state index in [-0.39, 0.29) is 18.0 Å². The summed E-state index contributed by atoms with van der Waals surface area (Å²) in [4.78, 5) is 7.03. The molecule has 0 aliphatic carbocycles. The molecule has 6 nitrogen and oxygen atoms in total. The maximum Gasteiger partial charge on any atom is 0.194 e. The largest absolute Gasteiger partial charge is 0.381 e. The zero-order chi connectivity index (χ0) is 20.5. The molecule has 3 atom stereocenters. The molecule has 1 aromatic rings. The van der Waals surface area contributed by atoms with Crippen LogP contribution in [0.15, 0.2) is 29.3 Å². The summed E-state index contributed by atoms with van der Waals surface area (Å²) in [7, 11) is 0. The third kappa shape index (κ3) is 6.94. The first-order valence-corrected chi connectivity index (χ1v) is 10.8. The molecule has 3 unspecified atom stereocenters. The van der Waals surface area contributed by atoms with Crippen molar-refractivity contribution >= 4 is 5.96 Å². The zero-order valence-electron chi connectivity index (χ0n) is 17.6. The number of rotatable bonds is 8. The van der Waals surface area contributed by atoms with Gasteiger partial charge in [0.05, 0.1) is 25.9 Å². The SMILES string of the molecule is CCNC(=NCCCOCC1CCOC1)N1CC(C)OC(c2ccc(F)cc2)C1. The van der Waals surface area contributed by atoms with E-state index in [0.717, 1.165) is 70.4 Å². The van der Waals surface area contributed by atoms with Crippen molar-refractivity contribution < 1.29 is 18.6 Å². The van der Waals surface area contributed by atoms with Crippen LogP contribution in [0.25, 0.3) is 0 Å². The van der Waals surface area contributed by atoms with Crippen molar-refractivity contribution in [1.82, 2.24) is 10.2 Å². The third-order valence-electron chi connectivity index (χ3n) is 5.22. The minimum atomic E-state index is -0.230. The molecule has 7 heteroatoms. The molecule has 0 spiro atoms. The van der Waals surface area contributed by atoms with E-state index in [1.165, 1.54) is 12.1 Å². The van der Waals surface area contributed by atoms with Gasteiger partial charge in [-0.15, -0.1) is 0 Å². The lowest BCUT2D eigenvalue weighted by Crippen LogP contribution is -2.50. The topological polar surface area (TPSA) is 55.3 Å². The third-order valence-corrected chi connectivity index (χ3v) is 5.22. The summed E-state index contributed by atoms with van der Waals surface area (Å²) in [5.74, 6) is 1.22. The maximum absolute atomic E-state index is 13.3. The van der Waals surface area contributed by atoms with Gasteiger partial charge in [-0.25, -0.2) is 4.39 Å². The summed E-state index contributed by atoms with van der Waals surface area (Å²) in [6.07, 6.45) is 1.97. The molecular weight excluding hydrogens is 373 g/mol. The van der Waals surface area contributed by atoms with Gasteiger partial charge >= 0.3 is 0 Å². The van der Waals surface area contributed by atoms with E-state index in [2.05, 4.69) is 24.1 Å². The van der Waals surface area contributed by atoms with Gasteiger partial charge in [0.1, 0.15) is 11.9 Å². The quantitative estimate of drug-likeness (QED) is 0.408. The number of hydrogen-bond donors (Lipinski definition) is 1. The van der Waals surface area contributed by atoms with Crippen LogP contribution in [0.2, 0.25) is 0 Å². The smallest absolute Gasteiger partial charge is 0.194 e. The van der Waals surface area contributed by atoms with Gasteiger partial charge in [-0.1, -0.05) is 12.1 Å². The lowest BCUT2D eigenvalue weighted by atomic mass is 10.1. The van der Waals surface area contributed by atoms with Gasteiger partial charge < -0.3 is 24.4 Å². The van der Waals surface area contributed by atoms with Crippen LogP contribution in [0.4, 0.5) is 4.39 Å². The maximum atomic E-state index is 13.3. The van der Waals surface area contributed by atoms with E-state index in [9.17, 15) is 4.39 Å². The van der Waals surface area contributed by atoms with Gasteiger partial charge in [0.25, 0.3) is 0 Å². The van der Waals surface area contributed by atoms with Crippen molar-refractivity contribution in [2.24, 2.45) is 10.9 Å². The lowest BCUT2D eigenvalue weighted by molar-refractivity contribution is -0.0605. The van der Waals surface area contributed by atoms with Gasteiger partial charge in [-0.05, 0) is 44.4 Å². The van der Waals surface area contributed by atoms with Crippen molar-refractivity contribution in [2.75, 3.05) is 52.6 Å². The fourth-order valence-electron chi connectivity index (χ4n) is 3.73. The Morgan fingerprint density at radius 1 is 1.31 bits per heavy atom. The molecular formula is C22H34FN3O3. The average Bonchev–Trinajstić information content (AvgIpc) is 3.23. The number of guanidine groups is 1. The Labute approximate surface area is 173 Å². The molecule has 0 amide bonds. The number of hydrogen-bond acceptors (Lipinski definition) is 4. The Kier molecular flexibility index (Phi) is 8.70. The second kappa shape index (κ2) is 11.5. The van der Waals surface area contributed by atoms with Crippen LogP contribution in [0.5, 0.6) is 0 Å². The molecule has 3 rings (SSSR count). The van der Waals surface area contributed by atoms with Crippen LogP contribution in [-0.2, 0) is 14.2 Å². The number of ether oxygens (including phenoxy) is 3. The Balaban J connectivity index is 1.50. The molecule has 2 fully saturated rings. The number of halogens is 1. The average molecular weight is 408 g/mol. The van der Waals surface area contributed by atoms with Crippen LogP contribution in [0.3, 0.4) is 0 Å². The van der Waals surface area contributed by atoms with Crippen LogP contribution >= 0.6 is 0 Å². The first-order valence-electron chi connectivity index (χ1n) is 10.8. The van der Waals surface area contributed by atoms with E-state index < -0.39 is 0 Å². The number of benzene rings is 1. The second-order valence-corrected chi connectivity index (χ2v) is 7.79. The highest BCUT2D eigenvalue weighted by Gasteiger charge is 2.28. The van der Waals surface area contributed by atoms with Crippen LogP contribution in [-0.4, -0.2) is 69.6 Å². The Morgan fingerprint density at radius 2 is 2.14 bits per heavy atom. The molecule has 0 aromatic heterocycles.